The van der Waals surface area contributed by atoms with E-state index >= 15 is 0 Å². The van der Waals surface area contributed by atoms with Gasteiger partial charge in [-0.1, -0.05) is 18.2 Å². The maximum absolute atomic E-state index is 11.9. The molecular formula is C20H21N3O4. The Morgan fingerprint density at radius 1 is 1.19 bits per heavy atom. The van der Waals surface area contributed by atoms with Crippen LogP contribution in [0.1, 0.15) is 18.1 Å². The SMILES string of the molecule is C=CCc1cccc(C=NNC(=O)C(=O)Nc2ccc(OCC)cc2)c1O. The molecule has 3 N–H and O–H groups in total. The van der Waals surface area contributed by atoms with Crippen molar-refractivity contribution in [1.82, 2.24) is 5.43 Å². The summed E-state index contributed by atoms with van der Waals surface area (Å²) in [6.45, 7) is 6.04. The summed E-state index contributed by atoms with van der Waals surface area (Å²) in [5.74, 6) is -1.07. The van der Waals surface area contributed by atoms with Crippen LogP contribution in [0.15, 0.2) is 60.2 Å². The minimum Gasteiger partial charge on any atom is -0.507 e. The van der Waals surface area contributed by atoms with E-state index in [1.807, 2.05) is 6.92 Å². The first-order valence-electron chi connectivity index (χ1n) is 8.34. The summed E-state index contributed by atoms with van der Waals surface area (Å²) in [6, 6.07) is 11.8. The number of ether oxygens (including phenoxy) is 1. The van der Waals surface area contributed by atoms with Gasteiger partial charge in [0.05, 0.1) is 12.8 Å². The Hall–Kier alpha value is -3.61. The fraction of sp³-hybridized carbons (Fsp3) is 0.150. The van der Waals surface area contributed by atoms with Gasteiger partial charge in [0.1, 0.15) is 11.5 Å². The topological polar surface area (TPSA) is 100 Å². The van der Waals surface area contributed by atoms with Crippen LogP contribution in [0.3, 0.4) is 0 Å². The molecule has 7 heteroatoms. The number of nitrogens with zero attached hydrogens (tertiary/aromatic N) is 1. The maximum Gasteiger partial charge on any atom is 0.329 e. The summed E-state index contributed by atoms with van der Waals surface area (Å²) in [6.07, 6.45) is 3.44. The van der Waals surface area contributed by atoms with Crippen molar-refractivity contribution in [2.24, 2.45) is 5.10 Å². The highest BCUT2D eigenvalue weighted by Gasteiger charge is 2.13. The van der Waals surface area contributed by atoms with Crippen molar-refractivity contribution < 1.29 is 19.4 Å². The monoisotopic (exact) mass is 367 g/mol. The van der Waals surface area contributed by atoms with Crippen LogP contribution < -0.4 is 15.5 Å². The van der Waals surface area contributed by atoms with Gasteiger partial charge in [0.25, 0.3) is 0 Å². The Kier molecular flexibility index (Phi) is 7.13. The van der Waals surface area contributed by atoms with Crippen LogP contribution in [0.25, 0.3) is 0 Å². The summed E-state index contributed by atoms with van der Waals surface area (Å²) in [5, 5.41) is 16.3. The number of hydrogen-bond acceptors (Lipinski definition) is 5. The molecule has 140 valence electrons. The molecule has 27 heavy (non-hydrogen) atoms. The summed E-state index contributed by atoms with van der Waals surface area (Å²) < 4.78 is 5.30. The zero-order valence-electron chi connectivity index (χ0n) is 14.9. The normalized spacial score (nSPS) is 10.4. The first kappa shape index (κ1) is 19.7. The molecule has 2 aromatic rings. The Morgan fingerprint density at radius 3 is 2.59 bits per heavy atom. The molecule has 2 aromatic carbocycles. The number of hydrazone groups is 1. The molecule has 0 fully saturated rings. The molecule has 7 nitrogen and oxygen atoms in total. The number of rotatable bonds is 7. The minimum atomic E-state index is -0.929. The molecule has 0 aromatic heterocycles. The van der Waals surface area contributed by atoms with Crippen molar-refractivity contribution >= 4 is 23.7 Å². The lowest BCUT2D eigenvalue weighted by atomic mass is 10.1. The third-order valence-electron chi connectivity index (χ3n) is 3.51. The van der Waals surface area contributed by atoms with Gasteiger partial charge in [-0.3, -0.25) is 9.59 Å². The smallest absolute Gasteiger partial charge is 0.329 e. The molecule has 0 aliphatic heterocycles. The molecule has 0 aliphatic rings. The van der Waals surface area contributed by atoms with Crippen molar-refractivity contribution in [3.05, 3.63) is 66.2 Å². The van der Waals surface area contributed by atoms with E-state index in [2.05, 4.69) is 22.4 Å². The molecule has 0 radical (unpaired) electrons. The quantitative estimate of drug-likeness (QED) is 0.303. The van der Waals surface area contributed by atoms with Crippen LogP contribution in [0.5, 0.6) is 11.5 Å². The highest BCUT2D eigenvalue weighted by molar-refractivity contribution is 6.39. The molecule has 0 saturated heterocycles. The van der Waals surface area contributed by atoms with Crippen LogP contribution in [-0.4, -0.2) is 29.7 Å². The number of phenols is 1. The molecule has 0 saturated carbocycles. The molecule has 0 aliphatic carbocycles. The predicted molar refractivity (Wildman–Crippen MR) is 104 cm³/mol. The minimum absolute atomic E-state index is 0.0502. The third kappa shape index (κ3) is 5.71. The van der Waals surface area contributed by atoms with E-state index in [4.69, 9.17) is 4.74 Å². The number of nitrogens with one attached hydrogen (secondary N) is 2. The lowest BCUT2D eigenvalue weighted by Gasteiger charge is -2.06. The molecule has 2 amide bonds. The van der Waals surface area contributed by atoms with Crippen LogP contribution in [0.4, 0.5) is 5.69 Å². The number of allylic oxidation sites excluding steroid dienone is 1. The fourth-order valence-electron chi connectivity index (χ4n) is 2.24. The van der Waals surface area contributed by atoms with Crippen LogP contribution in [0.2, 0.25) is 0 Å². The summed E-state index contributed by atoms with van der Waals surface area (Å²) >= 11 is 0. The van der Waals surface area contributed by atoms with Crippen molar-refractivity contribution in [2.75, 3.05) is 11.9 Å². The average Bonchev–Trinajstić information content (AvgIpc) is 2.66. The Bertz CT molecular complexity index is 845. The zero-order chi connectivity index (χ0) is 19.6. The van der Waals surface area contributed by atoms with Crippen LogP contribution >= 0.6 is 0 Å². The fourth-order valence-corrected chi connectivity index (χ4v) is 2.24. The summed E-state index contributed by atoms with van der Waals surface area (Å²) in [4.78, 5) is 23.7. The van der Waals surface area contributed by atoms with Crippen LogP contribution in [-0.2, 0) is 16.0 Å². The van der Waals surface area contributed by atoms with Gasteiger partial charge in [-0.2, -0.15) is 5.10 Å². The van der Waals surface area contributed by atoms with Gasteiger partial charge in [-0.05, 0) is 49.2 Å². The van der Waals surface area contributed by atoms with Gasteiger partial charge in [-0.25, -0.2) is 5.43 Å². The molecular weight excluding hydrogens is 346 g/mol. The second kappa shape index (κ2) is 9.76. The number of aromatic hydroxyl groups is 1. The van der Waals surface area contributed by atoms with Crippen molar-refractivity contribution in [1.29, 1.82) is 0 Å². The van der Waals surface area contributed by atoms with E-state index in [0.717, 1.165) is 0 Å². The Balaban J connectivity index is 1.93. The van der Waals surface area contributed by atoms with Crippen molar-refractivity contribution in [3.8, 4) is 11.5 Å². The molecule has 0 heterocycles. The first-order chi connectivity index (χ1) is 13.0. The second-order valence-electron chi connectivity index (χ2n) is 5.46. The van der Waals surface area contributed by atoms with Crippen molar-refractivity contribution in [2.45, 2.75) is 13.3 Å². The molecule has 0 bridgehead atoms. The Labute approximate surface area is 157 Å². The Morgan fingerprint density at radius 2 is 1.93 bits per heavy atom. The van der Waals surface area contributed by atoms with E-state index in [9.17, 15) is 14.7 Å². The second-order valence-corrected chi connectivity index (χ2v) is 5.46. The number of amides is 2. The summed E-state index contributed by atoms with van der Waals surface area (Å²) in [7, 11) is 0. The molecule has 0 atom stereocenters. The number of anilines is 1. The highest BCUT2D eigenvalue weighted by atomic mass is 16.5. The standard InChI is InChI=1S/C20H21N3O4/c1-3-6-14-7-5-8-15(18(14)24)13-21-23-20(26)19(25)22-16-9-11-17(12-10-16)27-4-2/h3,5,7-13,24H,1,4,6H2,2H3,(H,22,25)(H,23,26). The molecule has 0 unspecified atom stereocenters. The number of hydrogen-bond donors (Lipinski definition) is 3. The predicted octanol–water partition coefficient (Wildman–Crippen LogP) is 2.61. The van der Waals surface area contributed by atoms with E-state index in [0.29, 0.717) is 35.6 Å². The summed E-state index contributed by atoms with van der Waals surface area (Å²) in [5.41, 5.74) is 3.69. The van der Waals surface area contributed by atoms with Gasteiger partial charge >= 0.3 is 11.8 Å². The highest BCUT2D eigenvalue weighted by Crippen LogP contribution is 2.21. The molecule has 0 spiro atoms. The van der Waals surface area contributed by atoms with E-state index in [1.165, 1.54) is 6.21 Å². The van der Waals surface area contributed by atoms with Gasteiger partial charge < -0.3 is 15.2 Å². The van der Waals surface area contributed by atoms with Gasteiger partial charge in [0.15, 0.2) is 0 Å². The first-order valence-corrected chi connectivity index (χ1v) is 8.34. The van der Waals surface area contributed by atoms with Crippen molar-refractivity contribution in [3.63, 3.8) is 0 Å². The van der Waals surface area contributed by atoms with Gasteiger partial charge in [0, 0.05) is 11.3 Å². The largest absolute Gasteiger partial charge is 0.507 e. The number of carbonyl (C=O) groups is 2. The van der Waals surface area contributed by atoms with E-state index < -0.39 is 11.8 Å². The molecule has 2 rings (SSSR count). The number of carbonyl (C=O) groups excluding carboxylic acids is 2. The number of phenolic OH excluding ortho intramolecular Hbond substituents is 1. The average molecular weight is 367 g/mol. The van der Waals surface area contributed by atoms with E-state index in [1.54, 1.807) is 48.5 Å². The number of benzene rings is 2. The van der Waals surface area contributed by atoms with Crippen LogP contribution in [0, 0.1) is 0 Å². The lowest BCUT2D eigenvalue weighted by molar-refractivity contribution is -0.136. The van der Waals surface area contributed by atoms with Gasteiger partial charge in [0.2, 0.25) is 0 Å². The third-order valence-corrected chi connectivity index (χ3v) is 3.51. The maximum atomic E-state index is 11.9. The lowest BCUT2D eigenvalue weighted by Crippen LogP contribution is -2.32. The number of para-hydroxylation sites is 1. The van der Waals surface area contributed by atoms with Gasteiger partial charge in [-0.15, -0.1) is 6.58 Å². The van der Waals surface area contributed by atoms with E-state index in [-0.39, 0.29) is 5.75 Å². The zero-order valence-corrected chi connectivity index (χ0v) is 14.9.